The van der Waals surface area contributed by atoms with Gasteiger partial charge < -0.3 is 9.73 Å². The Hall–Kier alpha value is -2.42. The normalized spacial score (nSPS) is 11.5. The molecule has 27 heavy (non-hydrogen) atoms. The van der Waals surface area contributed by atoms with Gasteiger partial charge in [0.2, 0.25) is 10.0 Å². The molecule has 0 aliphatic heterocycles. The molecule has 0 saturated carbocycles. The van der Waals surface area contributed by atoms with E-state index in [0.717, 1.165) is 4.47 Å². The van der Waals surface area contributed by atoms with E-state index in [1.165, 1.54) is 41.9 Å². The number of sulfonamides is 1. The first-order valence-electron chi connectivity index (χ1n) is 8.02. The molecule has 0 radical (unpaired) electrons. The highest BCUT2D eigenvalue weighted by Crippen LogP contribution is 2.19. The summed E-state index contributed by atoms with van der Waals surface area (Å²) in [5, 5.41) is 2.77. The number of nitrogens with zero attached hydrogens (tertiary/aromatic N) is 1. The second-order valence-electron chi connectivity index (χ2n) is 5.83. The van der Waals surface area contributed by atoms with Crippen molar-refractivity contribution in [2.24, 2.45) is 0 Å². The van der Waals surface area contributed by atoms with Crippen molar-refractivity contribution in [1.82, 2.24) is 4.31 Å². The molecule has 1 N–H and O–H groups in total. The maximum atomic E-state index is 12.6. The van der Waals surface area contributed by atoms with Crippen LogP contribution >= 0.6 is 15.9 Å². The van der Waals surface area contributed by atoms with Gasteiger partial charge in [-0.2, -0.15) is 4.31 Å². The number of rotatable bonds is 6. The van der Waals surface area contributed by atoms with Crippen LogP contribution in [-0.4, -0.2) is 25.7 Å². The summed E-state index contributed by atoms with van der Waals surface area (Å²) in [6.07, 6.45) is 1.49. The van der Waals surface area contributed by atoms with Crippen molar-refractivity contribution in [3.63, 3.8) is 0 Å². The monoisotopic (exact) mass is 448 g/mol. The van der Waals surface area contributed by atoms with Gasteiger partial charge in [0, 0.05) is 22.8 Å². The van der Waals surface area contributed by atoms with E-state index in [-0.39, 0.29) is 17.3 Å². The van der Waals surface area contributed by atoms with Crippen LogP contribution in [0.5, 0.6) is 0 Å². The molecule has 6 nitrogen and oxygen atoms in total. The minimum absolute atomic E-state index is 0.107. The van der Waals surface area contributed by atoms with E-state index >= 15 is 0 Å². The lowest BCUT2D eigenvalue weighted by Crippen LogP contribution is -2.26. The first-order chi connectivity index (χ1) is 12.9. The van der Waals surface area contributed by atoms with Crippen molar-refractivity contribution >= 4 is 37.5 Å². The molecule has 0 spiro atoms. The summed E-state index contributed by atoms with van der Waals surface area (Å²) < 4.78 is 32.5. The zero-order valence-corrected chi connectivity index (χ0v) is 16.8. The minimum Gasteiger partial charge on any atom is -0.468 e. The third-order valence-corrected chi connectivity index (χ3v) is 6.18. The number of hydrogen-bond acceptors (Lipinski definition) is 4. The van der Waals surface area contributed by atoms with Crippen molar-refractivity contribution in [2.45, 2.75) is 11.4 Å². The summed E-state index contributed by atoms with van der Waals surface area (Å²) in [6.45, 7) is 0.125. The van der Waals surface area contributed by atoms with Gasteiger partial charge in [-0.25, -0.2) is 8.42 Å². The van der Waals surface area contributed by atoms with Crippen LogP contribution in [0.25, 0.3) is 0 Å². The molecule has 1 heterocycles. The quantitative estimate of drug-likeness (QED) is 0.614. The maximum absolute atomic E-state index is 12.6. The largest absolute Gasteiger partial charge is 0.468 e. The first-order valence-corrected chi connectivity index (χ1v) is 10.3. The van der Waals surface area contributed by atoms with E-state index in [4.69, 9.17) is 4.42 Å². The number of anilines is 1. The number of halogens is 1. The van der Waals surface area contributed by atoms with Crippen molar-refractivity contribution in [3.8, 4) is 0 Å². The van der Waals surface area contributed by atoms with Crippen LogP contribution in [0.15, 0.2) is 80.7 Å². The Labute approximate surface area is 166 Å². The molecule has 3 rings (SSSR count). The minimum atomic E-state index is -3.69. The van der Waals surface area contributed by atoms with Crippen LogP contribution in [0, 0.1) is 0 Å². The van der Waals surface area contributed by atoms with Crippen LogP contribution in [0.3, 0.4) is 0 Å². The number of benzene rings is 2. The van der Waals surface area contributed by atoms with Crippen molar-refractivity contribution in [2.75, 3.05) is 12.4 Å². The smallest absolute Gasteiger partial charge is 0.255 e. The van der Waals surface area contributed by atoms with E-state index < -0.39 is 10.0 Å². The van der Waals surface area contributed by atoms with Gasteiger partial charge in [0.25, 0.3) is 5.91 Å². The topological polar surface area (TPSA) is 79.6 Å². The molecular weight excluding hydrogens is 432 g/mol. The first kappa shape index (κ1) is 19.3. The second kappa shape index (κ2) is 8.08. The van der Waals surface area contributed by atoms with Crippen LogP contribution in [0.4, 0.5) is 5.69 Å². The molecule has 0 aliphatic rings. The molecule has 2 aromatic carbocycles. The summed E-state index contributed by atoms with van der Waals surface area (Å²) in [6, 6.07) is 16.4. The molecular formula is C19H17BrN2O4S. The average molecular weight is 449 g/mol. The van der Waals surface area contributed by atoms with Crippen LogP contribution in [-0.2, 0) is 16.6 Å². The van der Waals surface area contributed by atoms with Gasteiger partial charge in [-0.1, -0.05) is 22.0 Å². The summed E-state index contributed by atoms with van der Waals surface area (Å²) in [4.78, 5) is 12.4. The molecule has 0 bridgehead atoms. The van der Waals surface area contributed by atoms with Crippen LogP contribution < -0.4 is 5.32 Å². The zero-order chi connectivity index (χ0) is 19.4. The standard InChI is InChI=1S/C19H17BrN2O4S/c1-22(13-17-6-3-11-26-17)27(24,25)18-9-7-14(8-10-18)19(23)21-16-5-2-4-15(20)12-16/h2-12H,13H2,1H3,(H,21,23). The fourth-order valence-electron chi connectivity index (χ4n) is 2.43. The lowest BCUT2D eigenvalue weighted by molar-refractivity contribution is 0.102. The summed E-state index contributed by atoms with van der Waals surface area (Å²) in [5.74, 6) is 0.229. The predicted octanol–water partition coefficient (Wildman–Crippen LogP) is 4.12. The Morgan fingerprint density at radius 1 is 1.11 bits per heavy atom. The summed E-state index contributed by atoms with van der Waals surface area (Å²) in [7, 11) is -2.21. The highest BCUT2D eigenvalue weighted by atomic mass is 79.9. The molecule has 1 amide bonds. The van der Waals surface area contributed by atoms with Crippen LogP contribution in [0.2, 0.25) is 0 Å². The maximum Gasteiger partial charge on any atom is 0.255 e. The number of carbonyl (C=O) groups is 1. The lowest BCUT2D eigenvalue weighted by atomic mass is 10.2. The third kappa shape index (κ3) is 4.65. The number of carbonyl (C=O) groups excluding carboxylic acids is 1. The lowest BCUT2D eigenvalue weighted by Gasteiger charge is -2.16. The van der Waals surface area contributed by atoms with Crippen molar-refractivity contribution in [1.29, 1.82) is 0 Å². The van der Waals surface area contributed by atoms with Gasteiger partial charge in [0.15, 0.2) is 0 Å². The van der Waals surface area contributed by atoms with Crippen molar-refractivity contribution in [3.05, 3.63) is 82.7 Å². The Kier molecular flexibility index (Phi) is 5.79. The van der Waals surface area contributed by atoms with E-state index in [1.54, 1.807) is 24.3 Å². The SMILES string of the molecule is CN(Cc1ccco1)S(=O)(=O)c1ccc(C(=O)Nc2cccc(Br)c2)cc1. The Balaban J connectivity index is 1.73. The van der Waals surface area contributed by atoms with Gasteiger partial charge in [-0.05, 0) is 54.6 Å². The molecule has 0 atom stereocenters. The highest BCUT2D eigenvalue weighted by molar-refractivity contribution is 9.10. The van der Waals surface area contributed by atoms with Gasteiger partial charge >= 0.3 is 0 Å². The fourth-order valence-corrected chi connectivity index (χ4v) is 3.97. The number of amides is 1. The van der Waals surface area contributed by atoms with Crippen LogP contribution in [0.1, 0.15) is 16.1 Å². The molecule has 0 fully saturated rings. The Morgan fingerprint density at radius 3 is 2.48 bits per heavy atom. The Morgan fingerprint density at radius 2 is 1.85 bits per heavy atom. The number of nitrogens with one attached hydrogen (secondary N) is 1. The summed E-state index contributed by atoms with van der Waals surface area (Å²) >= 11 is 3.34. The molecule has 140 valence electrons. The van der Waals surface area contributed by atoms with Crippen molar-refractivity contribution < 1.29 is 17.6 Å². The second-order valence-corrected chi connectivity index (χ2v) is 8.79. The van der Waals surface area contributed by atoms with E-state index in [0.29, 0.717) is 17.0 Å². The van der Waals surface area contributed by atoms with Gasteiger partial charge in [-0.3, -0.25) is 4.79 Å². The molecule has 0 aliphatic carbocycles. The van der Waals surface area contributed by atoms with Gasteiger partial charge in [0.05, 0.1) is 17.7 Å². The average Bonchev–Trinajstić information content (AvgIpc) is 3.15. The molecule has 3 aromatic rings. The Bertz CT molecular complexity index is 1030. The van der Waals surface area contributed by atoms with Gasteiger partial charge in [-0.15, -0.1) is 0 Å². The summed E-state index contributed by atoms with van der Waals surface area (Å²) in [5.41, 5.74) is 1.01. The number of hydrogen-bond donors (Lipinski definition) is 1. The molecule has 8 heteroatoms. The molecule has 0 saturated heterocycles. The number of furan rings is 1. The fraction of sp³-hybridized carbons (Fsp3) is 0.105. The van der Waals surface area contributed by atoms with E-state index in [1.807, 2.05) is 12.1 Å². The predicted molar refractivity (Wildman–Crippen MR) is 106 cm³/mol. The zero-order valence-electron chi connectivity index (χ0n) is 14.4. The molecule has 0 unspecified atom stereocenters. The van der Waals surface area contributed by atoms with E-state index in [9.17, 15) is 13.2 Å². The molecule has 1 aromatic heterocycles. The van der Waals surface area contributed by atoms with Gasteiger partial charge in [0.1, 0.15) is 5.76 Å². The highest BCUT2D eigenvalue weighted by Gasteiger charge is 2.22. The third-order valence-electron chi connectivity index (χ3n) is 3.87. The van der Waals surface area contributed by atoms with E-state index in [2.05, 4.69) is 21.2 Å².